The SMILES string of the molecule is [O-][n+]1cc[c]cc1-c1cc2ccccc2[nH]1. The summed E-state index contributed by atoms with van der Waals surface area (Å²) in [5.74, 6) is 0. The Morgan fingerprint density at radius 3 is 2.94 bits per heavy atom. The fourth-order valence-corrected chi connectivity index (χ4v) is 1.79. The molecule has 0 fully saturated rings. The zero-order chi connectivity index (χ0) is 11.0. The Morgan fingerprint density at radius 2 is 2.12 bits per heavy atom. The Hall–Kier alpha value is -2.29. The van der Waals surface area contributed by atoms with Crippen LogP contribution in [-0.2, 0) is 0 Å². The minimum Gasteiger partial charge on any atom is -0.618 e. The van der Waals surface area contributed by atoms with E-state index in [1.807, 2.05) is 30.3 Å². The quantitative estimate of drug-likeness (QED) is 0.485. The maximum Gasteiger partial charge on any atom is 0.240 e. The van der Waals surface area contributed by atoms with Crippen LogP contribution in [0.4, 0.5) is 0 Å². The van der Waals surface area contributed by atoms with Crippen molar-refractivity contribution in [3.05, 3.63) is 59.9 Å². The summed E-state index contributed by atoms with van der Waals surface area (Å²) in [6.45, 7) is 0. The predicted octanol–water partition coefficient (Wildman–Crippen LogP) is 2.27. The van der Waals surface area contributed by atoms with Gasteiger partial charge in [-0.25, -0.2) is 0 Å². The van der Waals surface area contributed by atoms with Crippen molar-refractivity contribution < 1.29 is 4.73 Å². The maximum atomic E-state index is 11.6. The second-order valence-corrected chi connectivity index (χ2v) is 3.61. The molecule has 0 saturated heterocycles. The van der Waals surface area contributed by atoms with E-state index in [0.29, 0.717) is 5.69 Å². The maximum absolute atomic E-state index is 11.6. The Bertz CT molecular complexity index is 610. The van der Waals surface area contributed by atoms with Crippen LogP contribution in [-0.4, -0.2) is 4.98 Å². The molecular formula is C13H9N2O. The first-order valence-corrected chi connectivity index (χ1v) is 5.02. The average molecular weight is 209 g/mol. The van der Waals surface area contributed by atoms with Crippen molar-refractivity contribution in [2.75, 3.05) is 0 Å². The van der Waals surface area contributed by atoms with Gasteiger partial charge in [0.05, 0.1) is 0 Å². The number of rotatable bonds is 1. The van der Waals surface area contributed by atoms with E-state index in [9.17, 15) is 5.21 Å². The summed E-state index contributed by atoms with van der Waals surface area (Å²) in [7, 11) is 0. The topological polar surface area (TPSA) is 42.7 Å². The zero-order valence-electron chi connectivity index (χ0n) is 8.47. The highest BCUT2D eigenvalue weighted by atomic mass is 16.5. The fraction of sp³-hybridized carbons (Fsp3) is 0. The molecule has 1 radical (unpaired) electrons. The van der Waals surface area contributed by atoms with Gasteiger partial charge in [-0.3, -0.25) is 0 Å². The van der Waals surface area contributed by atoms with Gasteiger partial charge in [-0.05, 0) is 18.2 Å². The molecule has 3 aromatic rings. The Labute approximate surface area is 92.6 Å². The first-order chi connectivity index (χ1) is 7.84. The third-order valence-electron chi connectivity index (χ3n) is 2.57. The molecule has 2 heterocycles. The first-order valence-electron chi connectivity index (χ1n) is 5.02. The van der Waals surface area contributed by atoms with Crippen LogP contribution >= 0.6 is 0 Å². The van der Waals surface area contributed by atoms with Crippen LogP contribution in [0, 0.1) is 11.3 Å². The Morgan fingerprint density at radius 1 is 1.25 bits per heavy atom. The van der Waals surface area contributed by atoms with E-state index in [4.69, 9.17) is 0 Å². The Kier molecular flexibility index (Phi) is 1.90. The largest absolute Gasteiger partial charge is 0.618 e. The summed E-state index contributed by atoms with van der Waals surface area (Å²) in [6, 6.07) is 16.1. The lowest BCUT2D eigenvalue weighted by atomic mass is 10.2. The van der Waals surface area contributed by atoms with E-state index >= 15 is 0 Å². The van der Waals surface area contributed by atoms with E-state index in [0.717, 1.165) is 21.3 Å². The minimum absolute atomic E-state index is 0.582. The third kappa shape index (κ3) is 1.34. The molecule has 3 rings (SSSR count). The number of H-pyrrole nitrogens is 1. The van der Waals surface area contributed by atoms with Crippen molar-refractivity contribution in [3.63, 3.8) is 0 Å². The average Bonchev–Trinajstić information content (AvgIpc) is 2.73. The lowest BCUT2D eigenvalue weighted by Crippen LogP contribution is -2.27. The molecule has 3 heteroatoms. The van der Waals surface area contributed by atoms with Gasteiger partial charge in [0.1, 0.15) is 5.69 Å². The highest BCUT2D eigenvalue weighted by Crippen LogP contribution is 2.20. The summed E-state index contributed by atoms with van der Waals surface area (Å²) in [5, 5.41) is 12.7. The van der Waals surface area contributed by atoms with Gasteiger partial charge in [0, 0.05) is 23.0 Å². The van der Waals surface area contributed by atoms with Gasteiger partial charge < -0.3 is 10.2 Å². The van der Waals surface area contributed by atoms with E-state index in [1.165, 1.54) is 6.20 Å². The van der Waals surface area contributed by atoms with Gasteiger partial charge in [0.15, 0.2) is 6.20 Å². The number of para-hydroxylation sites is 1. The molecule has 1 N–H and O–H groups in total. The summed E-state index contributed by atoms with van der Waals surface area (Å²) in [4.78, 5) is 3.21. The normalized spacial score (nSPS) is 10.8. The Balaban J connectivity index is 2.23. The van der Waals surface area contributed by atoms with Crippen molar-refractivity contribution in [2.45, 2.75) is 0 Å². The zero-order valence-corrected chi connectivity index (χ0v) is 8.47. The van der Waals surface area contributed by atoms with Crippen LogP contribution in [0.15, 0.2) is 48.7 Å². The summed E-state index contributed by atoms with van der Waals surface area (Å²) in [5.41, 5.74) is 2.42. The van der Waals surface area contributed by atoms with E-state index in [2.05, 4.69) is 11.1 Å². The minimum atomic E-state index is 0.582. The van der Waals surface area contributed by atoms with Crippen molar-refractivity contribution in [3.8, 4) is 11.4 Å². The molecule has 0 unspecified atom stereocenters. The van der Waals surface area contributed by atoms with E-state index < -0.39 is 0 Å². The summed E-state index contributed by atoms with van der Waals surface area (Å²) < 4.78 is 0.835. The molecule has 0 spiro atoms. The van der Waals surface area contributed by atoms with Gasteiger partial charge in [-0.2, -0.15) is 4.73 Å². The number of nitrogens with one attached hydrogen (secondary N) is 1. The second-order valence-electron chi connectivity index (χ2n) is 3.61. The van der Waals surface area contributed by atoms with Gasteiger partial charge in [0.2, 0.25) is 5.69 Å². The lowest BCUT2D eigenvalue weighted by Gasteiger charge is -2.00. The summed E-state index contributed by atoms with van der Waals surface area (Å²) >= 11 is 0. The van der Waals surface area contributed by atoms with Crippen molar-refractivity contribution in [2.24, 2.45) is 0 Å². The predicted molar refractivity (Wildman–Crippen MR) is 61.5 cm³/mol. The molecule has 1 aromatic carbocycles. The van der Waals surface area contributed by atoms with Crippen molar-refractivity contribution >= 4 is 10.9 Å². The highest BCUT2D eigenvalue weighted by Gasteiger charge is 2.10. The van der Waals surface area contributed by atoms with Gasteiger partial charge in [-0.1, -0.05) is 18.2 Å². The van der Waals surface area contributed by atoms with E-state index in [1.54, 1.807) is 12.1 Å². The number of benzene rings is 1. The molecule has 0 aliphatic rings. The molecular weight excluding hydrogens is 200 g/mol. The molecule has 0 atom stereocenters. The molecule has 0 amide bonds. The van der Waals surface area contributed by atoms with Crippen LogP contribution < -0.4 is 4.73 Å². The number of nitrogens with zero attached hydrogens (tertiary/aromatic N) is 1. The van der Waals surface area contributed by atoms with Crippen molar-refractivity contribution in [1.82, 2.24) is 4.98 Å². The molecule has 0 aliphatic carbocycles. The number of fused-ring (bicyclic) bond motifs is 1. The molecule has 0 aliphatic heterocycles. The monoisotopic (exact) mass is 209 g/mol. The van der Waals surface area contributed by atoms with E-state index in [-0.39, 0.29) is 0 Å². The van der Waals surface area contributed by atoms with Crippen LogP contribution in [0.3, 0.4) is 0 Å². The molecule has 2 aromatic heterocycles. The number of hydrogen-bond donors (Lipinski definition) is 1. The highest BCUT2D eigenvalue weighted by molar-refractivity contribution is 5.84. The fourth-order valence-electron chi connectivity index (χ4n) is 1.79. The number of pyridine rings is 1. The number of aromatic amines is 1. The van der Waals surface area contributed by atoms with Crippen LogP contribution in [0.1, 0.15) is 0 Å². The number of hydrogen-bond acceptors (Lipinski definition) is 1. The molecule has 0 bridgehead atoms. The smallest absolute Gasteiger partial charge is 0.240 e. The van der Waals surface area contributed by atoms with Gasteiger partial charge in [-0.15, -0.1) is 0 Å². The molecule has 0 saturated carbocycles. The molecule has 3 nitrogen and oxygen atoms in total. The van der Waals surface area contributed by atoms with Crippen LogP contribution in [0.2, 0.25) is 0 Å². The van der Waals surface area contributed by atoms with Crippen molar-refractivity contribution in [1.29, 1.82) is 0 Å². The van der Waals surface area contributed by atoms with Crippen LogP contribution in [0.5, 0.6) is 0 Å². The first kappa shape index (κ1) is 8.97. The van der Waals surface area contributed by atoms with Gasteiger partial charge >= 0.3 is 0 Å². The second kappa shape index (κ2) is 3.38. The van der Waals surface area contributed by atoms with Crippen LogP contribution in [0.25, 0.3) is 22.3 Å². The standard InChI is InChI=1S/C13H9N2O/c16-15-8-4-3-7-13(15)12-9-10-5-1-2-6-11(10)14-12/h1-2,4-9,14H. The molecule has 77 valence electrons. The number of aromatic nitrogens is 2. The van der Waals surface area contributed by atoms with Gasteiger partial charge in [0.25, 0.3) is 0 Å². The summed E-state index contributed by atoms with van der Waals surface area (Å²) in [6.07, 6.45) is 1.45. The molecule has 16 heavy (non-hydrogen) atoms. The third-order valence-corrected chi connectivity index (χ3v) is 2.57. The lowest BCUT2D eigenvalue weighted by molar-refractivity contribution is -0.593.